The summed E-state index contributed by atoms with van der Waals surface area (Å²) >= 11 is 0. The molecule has 0 radical (unpaired) electrons. The maximum Gasteiger partial charge on any atom is 0.155 e. The first-order chi connectivity index (χ1) is 35.8. The van der Waals surface area contributed by atoms with Gasteiger partial charge in [-0.3, -0.25) is 4.99 Å². The Kier molecular flexibility index (Phi) is 15.1. The lowest BCUT2D eigenvalue weighted by molar-refractivity contribution is 0.350. The number of hydrogen-bond donors (Lipinski definition) is 0. The number of rotatable bonds is 16. The maximum absolute atomic E-state index is 5.58. The van der Waals surface area contributed by atoms with E-state index in [-0.39, 0.29) is 12.1 Å². The fraction of sp³-hybridized carbons (Fsp3) is 0.265. The predicted molar refractivity (Wildman–Crippen MR) is 315 cm³/mol. The highest BCUT2D eigenvalue weighted by Gasteiger charge is 2.32. The van der Waals surface area contributed by atoms with Gasteiger partial charge in [0.15, 0.2) is 5.84 Å². The number of nitrogens with zero attached hydrogens (tertiary/aromatic N) is 5. The lowest BCUT2D eigenvalue weighted by Crippen LogP contribution is -2.37. The highest BCUT2D eigenvalue weighted by atomic mass is 15.2. The van der Waals surface area contributed by atoms with Gasteiger partial charge in [0, 0.05) is 70.3 Å². The van der Waals surface area contributed by atoms with Gasteiger partial charge < -0.3 is 14.4 Å². The molecule has 1 aromatic heterocycles. The van der Waals surface area contributed by atoms with Gasteiger partial charge in [-0.2, -0.15) is 0 Å². The number of allylic oxidation sites excluding steroid dienone is 19. The van der Waals surface area contributed by atoms with Gasteiger partial charge in [0.05, 0.1) is 28.8 Å². The molecule has 0 spiro atoms. The minimum atomic E-state index is -0.0478. The lowest BCUT2D eigenvalue weighted by Gasteiger charge is -2.39. The van der Waals surface area contributed by atoms with Crippen LogP contribution in [0.5, 0.6) is 0 Å². The Labute approximate surface area is 434 Å². The van der Waals surface area contributed by atoms with Crippen molar-refractivity contribution >= 4 is 50.3 Å². The SMILES string of the molecule is C=CCc1ccccc1N(C(=C)/C=C\C)C1=CC(C2=NC(C3=CC=CCC3)CC(C3=CCCC=C3)=N2)=CC(N(C)C2=CCCC=C2C(=C)/C=C(\C=C/C)c2ccc3c(c2)c2ccccc2n3C2=CCCCC2)C1. The first-order valence-electron chi connectivity index (χ1n) is 26.8. The molecule has 0 bridgehead atoms. The molecule has 368 valence electrons. The van der Waals surface area contributed by atoms with E-state index < -0.39 is 0 Å². The van der Waals surface area contributed by atoms with Crippen molar-refractivity contribution in [3.05, 3.63) is 246 Å². The fourth-order valence-corrected chi connectivity index (χ4v) is 11.6. The highest BCUT2D eigenvalue weighted by Crippen LogP contribution is 2.41. The molecular weight excluding hydrogens is 887 g/mol. The van der Waals surface area contributed by atoms with E-state index in [1.807, 2.05) is 6.08 Å². The van der Waals surface area contributed by atoms with E-state index in [0.717, 1.165) is 116 Å². The van der Waals surface area contributed by atoms with Gasteiger partial charge in [-0.05, 0) is 160 Å². The second kappa shape index (κ2) is 22.5. The molecule has 4 aromatic rings. The normalized spacial score (nSPS) is 20.4. The highest BCUT2D eigenvalue weighted by molar-refractivity contribution is 6.16. The van der Waals surface area contributed by atoms with Crippen molar-refractivity contribution in [3.63, 3.8) is 0 Å². The summed E-state index contributed by atoms with van der Waals surface area (Å²) in [5.41, 5.74) is 18.7. The summed E-state index contributed by atoms with van der Waals surface area (Å²) in [6.45, 7) is 17.9. The Hall–Kier alpha value is -7.50. The van der Waals surface area contributed by atoms with Crippen LogP contribution in [0.25, 0.3) is 33.1 Å². The molecule has 5 nitrogen and oxygen atoms in total. The smallest absolute Gasteiger partial charge is 0.155 e. The first-order valence-corrected chi connectivity index (χ1v) is 26.8. The van der Waals surface area contributed by atoms with Crippen molar-refractivity contribution in [2.45, 2.75) is 109 Å². The molecule has 5 aliphatic carbocycles. The molecule has 10 rings (SSSR count). The van der Waals surface area contributed by atoms with Gasteiger partial charge >= 0.3 is 0 Å². The zero-order valence-electron chi connectivity index (χ0n) is 43.4. The Balaban J connectivity index is 1.05. The van der Waals surface area contributed by atoms with Crippen LogP contribution in [0.1, 0.15) is 102 Å². The third kappa shape index (κ3) is 10.4. The minimum Gasteiger partial charge on any atom is -0.367 e. The molecule has 5 heteroatoms. The number of aromatic nitrogens is 1. The summed E-state index contributed by atoms with van der Waals surface area (Å²) in [5.74, 6) is 0.792. The number of amidine groups is 1. The largest absolute Gasteiger partial charge is 0.367 e. The minimum absolute atomic E-state index is 0.0210. The molecule has 3 aromatic carbocycles. The van der Waals surface area contributed by atoms with E-state index in [9.17, 15) is 0 Å². The standard InChI is InChI=1S/C68H71N5/c1-7-25-49(5)72(64-37-22-19-32-52(64)26-8-2)58-44-55(68-69-62(50-28-13-10-14-29-50)47-63(70-68)51-30-15-11-16-31-51)43-57(46-58)71(6)65-38-23-20-35-59(65)48(4)42-53(27-9-3)54-40-41-67-61(45-54)60-36-21-24-39-66(60)73(67)56-33-17-12-18-34-56/h7-10,13,15,19,21-22,24-25,27-28,30-33,35-45,57,62H,2,4-5,11-12,14,16-18,20,23,26,29,34,46-47H2,1,3,6H3/b25-7-,27-9-,53-42+. The number of para-hydroxylation sites is 2. The number of hydrogen-bond acceptors (Lipinski definition) is 4. The molecule has 0 saturated heterocycles. The Morgan fingerprint density at radius 1 is 0.795 bits per heavy atom. The number of aliphatic imine (C=N–C) groups is 2. The van der Waals surface area contributed by atoms with Crippen molar-refractivity contribution in [3.8, 4) is 0 Å². The molecule has 2 unspecified atom stereocenters. The third-order valence-electron chi connectivity index (χ3n) is 15.2. The quantitative estimate of drug-likeness (QED) is 0.0829. The molecule has 2 heterocycles. The summed E-state index contributed by atoms with van der Waals surface area (Å²) < 4.78 is 2.51. The first kappa shape index (κ1) is 49.1. The summed E-state index contributed by atoms with van der Waals surface area (Å²) in [5, 5.41) is 2.57. The van der Waals surface area contributed by atoms with Crippen LogP contribution in [-0.2, 0) is 6.42 Å². The monoisotopic (exact) mass is 958 g/mol. The third-order valence-corrected chi connectivity index (χ3v) is 15.2. The molecule has 0 saturated carbocycles. The van der Waals surface area contributed by atoms with E-state index in [1.54, 1.807) is 0 Å². The number of fused-ring (bicyclic) bond motifs is 3. The van der Waals surface area contributed by atoms with Crippen molar-refractivity contribution < 1.29 is 0 Å². The number of anilines is 1. The Morgan fingerprint density at radius 3 is 2.41 bits per heavy atom. The molecular formula is C68H71N5. The van der Waals surface area contributed by atoms with E-state index in [2.05, 4.69) is 206 Å². The van der Waals surface area contributed by atoms with Crippen LogP contribution < -0.4 is 4.90 Å². The zero-order valence-corrected chi connectivity index (χ0v) is 43.4. The van der Waals surface area contributed by atoms with Crippen LogP contribution in [0.3, 0.4) is 0 Å². The molecule has 1 aliphatic heterocycles. The van der Waals surface area contributed by atoms with Gasteiger partial charge in [-0.15, -0.1) is 6.58 Å². The second-order valence-electron chi connectivity index (χ2n) is 20.1. The fourth-order valence-electron chi connectivity index (χ4n) is 11.6. The maximum atomic E-state index is 5.58. The summed E-state index contributed by atoms with van der Waals surface area (Å²) in [6, 6.07) is 24.6. The molecule has 0 amide bonds. The van der Waals surface area contributed by atoms with E-state index in [0.29, 0.717) is 0 Å². The van der Waals surface area contributed by atoms with Crippen molar-refractivity contribution in [2.75, 3.05) is 11.9 Å². The summed E-state index contributed by atoms with van der Waals surface area (Å²) in [4.78, 5) is 15.9. The number of likely N-dealkylation sites (N-methyl/N-ethyl adjacent to an activating group) is 1. The van der Waals surface area contributed by atoms with E-state index in [1.165, 1.54) is 73.9 Å². The van der Waals surface area contributed by atoms with Crippen LogP contribution >= 0.6 is 0 Å². The predicted octanol–water partition coefficient (Wildman–Crippen LogP) is 17.3. The van der Waals surface area contributed by atoms with Crippen LogP contribution in [0.4, 0.5) is 5.69 Å². The number of benzene rings is 3. The second-order valence-corrected chi connectivity index (χ2v) is 20.1. The summed E-state index contributed by atoms with van der Waals surface area (Å²) in [7, 11) is 2.26. The molecule has 6 aliphatic rings. The summed E-state index contributed by atoms with van der Waals surface area (Å²) in [6.07, 6.45) is 51.6. The Morgan fingerprint density at radius 2 is 1.62 bits per heavy atom. The van der Waals surface area contributed by atoms with Crippen molar-refractivity contribution in [2.24, 2.45) is 9.98 Å². The van der Waals surface area contributed by atoms with Crippen LogP contribution in [0.15, 0.2) is 245 Å². The average molecular weight is 958 g/mol. The van der Waals surface area contributed by atoms with Gasteiger partial charge in [0.25, 0.3) is 0 Å². The van der Waals surface area contributed by atoms with Gasteiger partial charge in [-0.25, -0.2) is 4.99 Å². The van der Waals surface area contributed by atoms with E-state index in [4.69, 9.17) is 23.1 Å². The molecule has 0 fully saturated rings. The molecule has 0 N–H and O–H groups in total. The lowest BCUT2D eigenvalue weighted by atomic mass is 9.88. The van der Waals surface area contributed by atoms with E-state index >= 15 is 0 Å². The van der Waals surface area contributed by atoms with Crippen LogP contribution in [-0.4, -0.2) is 40.1 Å². The van der Waals surface area contributed by atoms with Crippen molar-refractivity contribution in [1.82, 2.24) is 9.47 Å². The topological polar surface area (TPSA) is 36.1 Å². The Bertz CT molecular complexity index is 3310. The molecule has 73 heavy (non-hydrogen) atoms. The van der Waals surface area contributed by atoms with Crippen LogP contribution in [0, 0.1) is 0 Å². The average Bonchev–Trinajstić information content (AvgIpc) is 3.77. The van der Waals surface area contributed by atoms with Gasteiger partial charge in [-0.1, -0.05) is 141 Å². The van der Waals surface area contributed by atoms with Crippen LogP contribution in [0.2, 0.25) is 0 Å². The molecule has 2 atom stereocenters. The van der Waals surface area contributed by atoms with Gasteiger partial charge in [0.1, 0.15) is 0 Å². The van der Waals surface area contributed by atoms with Gasteiger partial charge in [0.2, 0.25) is 0 Å². The zero-order chi connectivity index (χ0) is 50.3. The van der Waals surface area contributed by atoms with Crippen molar-refractivity contribution in [1.29, 1.82) is 0 Å².